The average molecular weight is 280 g/mol. The summed E-state index contributed by atoms with van der Waals surface area (Å²) in [5.41, 5.74) is 6.69. The van der Waals surface area contributed by atoms with Gasteiger partial charge >= 0.3 is 0 Å². The molecule has 0 aliphatic heterocycles. The van der Waals surface area contributed by atoms with Crippen LogP contribution in [0.1, 0.15) is 31.2 Å². The Morgan fingerprint density at radius 3 is 2.65 bits per heavy atom. The van der Waals surface area contributed by atoms with E-state index in [9.17, 15) is 10.1 Å². The number of hydrogen-bond donors (Lipinski definition) is 1. The summed E-state index contributed by atoms with van der Waals surface area (Å²) in [6, 6.07) is 4.64. The molecule has 20 heavy (non-hydrogen) atoms. The maximum atomic E-state index is 10.8. The van der Waals surface area contributed by atoms with E-state index in [0.717, 1.165) is 31.2 Å². The lowest BCUT2D eigenvalue weighted by atomic mass is 10.0. The Kier molecular flexibility index (Phi) is 4.57. The van der Waals surface area contributed by atoms with Crippen LogP contribution in [0.5, 0.6) is 5.75 Å². The summed E-state index contributed by atoms with van der Waals surface area (Å²) in [6.07, 6.45) is 4.24. The van der Waals surface area contributed by atoms with Gasteiger partial charge in [-0.05, 0) is 24.5 Å². The van der Waals surface area contributed by atoms with Gasteiger partial charge in [0, 0.05) is 11.6 Å². The fourth-order valence-corrected chi connectivity index (χ4v) is 2.55. The maximum absolute atomic E-state index is 10.8. The highest BCUT2D eigenvalue weighted by atomic mass is 16.6. The van der Waals surface area contributed by atoms with Crippen LogP contribution in [0.25, 0.3) is 0 Å². The number of nitrogens with zero attached hydrogens (tertiary/aromatic N) is 1. The fraction of sp³-hybridized carbons (Fsp3) is 0.571. The zero-order valence-electron chi connectivity index (χ0n) is 11.6. The predicted octanol–water partition coefficient (Wildman–Crippen LogP) is 2.39. The molecule has 6 nitrogen and oxygen atoms in total. The number of non-ortho nitro benzene ring substituents is 1. The smallest absolute Gasteiger partial charge is 0.273 e. The monoisotopic (exact) mass is 280 g/mol. The Bertz CT molecular complexity index is 484. The van der Waals surface area contributed by atoms with Crippen LogP contribution in [0, 0.1) is 10.1 Å². The van der Waals surface area contributed by atoms with E-state index in [1.54, 1.807) is 6.07 Å². The Morgan fingerprint density at radius 1 is 1.35 bits per heavy atom. The van der Waals surface area contributed by atoms with Crippen molar-refractivity contribution in [1.29, 1.82) is 0 Å². The van der Waals surface area contributed by atoms with E-state index in [2.05, 4.69) is 0 Å². The molecule has 6 heteroatoms. The second-order valence-corrected chi connectivity index (χ2v) is 5.36. The second kappa shape index (κ2) is 6.19. The van der Waals surface area contributed by atoms with Gasteiger partial charge in [0.2, 0.25) is 0 Å². The van der Waals surface area contributed by atoms with Gasteiger partial charge in [0.25, 0.3) is 5.69 Å². The van der Waals surface area contributed by atoms with Crippen molar-refractivity contribution in [3.05, 3.63) is 33.9 Å². The predicted molar refractivity (Wildman–Crippen MR) is 74.7 cm³/mol. The van der Waals surface area contributed by atoms with Crippen LogP contribution in [0.2, 0.25) is 0 Å². The first-order chi connectivity index (χ1) is 9.52. The SMILES string of the molecule is COc1cc(COCC2(N)CCCC2)cc([N+](=O)[O-])c1. The third-order valence-electron chi connectivity index (χ3n) is 3.66. The van der Waals surface area contributed by atoms with Gasteiger partial charge in [-0.1, -0.05) is 12.8 Å². The highest BCUT2D eigenvalue weighted by Gasteiger charge is 2.29. The van der Waals surface area contributed by atoms with Crippen molar-refractivity contribution in [1.82, 2.24) is 0 Å². The van der Waals surface area contributed by atoms with Gasteiger partial charge in [-0.2, -0.15) is 0 Å². The number of ether oxygens (including phenoxy) is 2. The molecule has 0 saturated heterocycles. The molecule has 2 N–H and O–H groups in total. The zero-order chi connectivity index (χ0) is 14.6. The van der Waals surface area contributed by atoms with Crippen LogP contribution >= 0.6 is 0 Å². The molecular weight excluding hydrogens is 260 g/mol. The van der Waals surface area contributed by atoms with Crippen LogP contribution < -0.4 is 10.5 Å². The summed E-state index contributed by atoms with van der Waals surface area (Å²) in [4.78, 5) is 10.4. The Morgan fingerprint density at radius 2 is 2.05 bits per heavy atom. The number of nitro groups is 1. The molecule has 0 heterocycles. The van der Waals surface area contributed by atoms with Crippen LogP contribution in [0.3, 0.4) is 0 Å². The van der Waals surface area contributed by atoms with E-state index in [4.69, 9.17) is 15.2 Å². The Balaban J connectivity index is 1.98. The van der Waals surface area contributed by atoms with Crippen LogP contribution in [0.15, 0.2) is 18.2 Å². The lowest BCUT2D eigenvalue weighted by Gasteiger charge is -2.23. The molecule has 0 atom stereocenters. The first-order valence-electron chi connectivity index (χ1n) is 6.71. The van der Waals surface area contributed by atoms with Crippen molar-refractivity contribution < 1.29 is 14.4 Å². The van der Waals surface area contributed by atoms with Gasteiger partial charge in [-0.25, -0.2) is 0 Å². The van der Waals surface area contributed by atoms with Crippen molar-refractivity contribution in [2.45, 2.75) is 37.8 Å². The minimum Gasteiger partial charge on any atom is -0.496 e. The first kappa shape index (κ1) is 14.7. The lowest BCUT2D eigenvalue weighted by molar-refractivity contribution is -0.385. The van der Waals surface area contributed by atoms with Crippen molar-refractivity contribution in [3.63, 3.8) is 0 Å². The summed E-state index contributed by atoms with van der Waals surface area (Å²) in [5, 5.41) is 10.8. The standard InChI is InChI=1S/C14H20N2O4/c1-19-13-7-11(6-12(8-13)16(17)18)9-20-10-14(15)4-2-3-5-14/h6-8H,2-5,9-10,15H2,1H3. The molecule has 110 valence electrons. The number of benzene rings is 1. The van der Waals surface area contributed by atoms with E-state index in [-0.39, 0.29) is 11.2 Å². The molecule has 1 saturated carbocycles. The molecule has 0 unspecified atom stereocenters. The molecule has 0 amide bonds. The highest BCUT2D eigenvalue weighted by Crippen LogP contribution is 2.28. The number of rotatable bonds is 6. The Hall–Kier alpha value is -1.66. The number of methoxy groups -OCH3 is 1. The summed E-state index contributed by atoms with van der Waals surface area (Å²) >= 11 is 0. The van der Waals surface area contributed by atoms with Gasteiger partial charge < -0.3 is 15.2 Å². The lowest BCUT2D eigenvalue weighted by Crippen LogP contribution is -2.41. The van der Waals surface area contributed by atoms with Crippen molar-refractivity contribution in [2.75, 3.05) is 13.7 Å². The molecule has 0 aromatic heterocycles. The number of nitro benzene ring substituents is 1. The quantitative estimate of drug-likeness (QED) is 0.638. The minimum atomic E-state index is -0.437. The first-order valence-corrected chi connectivity index (χ1v) is 6.71. The van der Waals surface area contributed by atoms with Gasteiger partial charge in [0.15, 0.2) is 0 Å². The van der Waals surface area contributed by atoms with Gasteiger partial charge in [0.1, 0.15) is 5.75 Å². The fourth-order valence-electron chi connectivity index (χ4n) is 2.55. The topological polar surface area (TPSA) is 87.6 Å². The van der Waals surface area contributed by atoms with Crippen LogP contribution in [0.4, 0.5) is 5.69 Å². The summed E-state index contributed by atoms with van der Waals surface area (Å²) in [6.45, 7) is 0.787. The van der Waals surface area contributed by atoms with Crippen LogP contribution in [-0.2, 0) is 11.3 Å². The third kappa shape index (κ3) is 3.68. The molecule has 1 aliphatic carbocycles. The highest BCUT2D eigenvalue weighted by molar-refractivity contribution is 5.42. The van der Waals surface area contributed by atoms with Crippen molar-refractivity contribution >= 4 is 5.69 Å². The van der Waals surface area contributed by atoms with E-state index < -0.39 is 4.92 Å². The van der Waals surface area contributed by atoms with E-state index in [1.807, 2.05) is 0 Å². The zero-order valence-corrected chi connectivity index (χ0v) is 11.6. The van der Waals surface area contributed by atoms with Gasteiger partial charge in [-0.15, -0.1) is 0 Å². The van der Waals surface area contributed by atoms with Gasteiger partial charge in [0.05, 0.1) is 31.3 Å². The normalized spacial score (nSPS) is 17.1. The van der Waals surface area contributed by atoms with E-state index in [0.29, 0.717) is 19.0 Å². The second-order valence-electron chi connectivity index (χ2n) is 5.36. The average Bonchev–Trinajstić information content (AvgIpc) is 2.85. The molecule has 1 aromatic rings. The summed E-state index contributed by atoms with van der Waals surface area (Å²) < 4.78 is 10.7. The van der Waals surface area contributed by atoms with E-state index in [1.165, 1.54) is 19.2 Å². The largest absolute Gasteiger partial charge is 0.496 e. The molecular formula is C14H20N2O4. The molecule has 0 spiro atoms. The van der Waals surface area contributed by atoms with Crippen molar-refractivity contribution in [2.24, 2.45) is 5.73 Å². The molecule has 2 rings (SSSR count). The van der Waals surface area contributed by atoms with Crippen LogP contribution in [-0.4, -0.2) is 24.2 Å². The molecule has 1 aromatic carbocycles. The number of hydrogen-bond acceptors (Lipinski definition) is 5. The molecule has 0 bridgehead atoms. The Labute approximate surface area is 118 Å². The van der Waals surface area contributed by atoms with Crippen molar-refractivity contribution in [3.8, 4) is 5.75 Å². The molecule has 1 fully saturated rings. The van der Waals surface area contributed by atoms with E-state index >= 15 is 0 Å². The molecule has 1 aliphatic rings. The number of nitrogens with two attached hydrogens (primary N) is 1. The maximum Gasteiger partial charge on any atom is 0.273 e. The summed E-state index contributed by atoms with van der Waals surface area (Å²) in [7, 11) is 1.48. The molecule has 0 radical (unpaired) electrons. The summed E-state index contributed by atoms with van der Waals surface area (Å²) in [5.74, 6) is 0.459. The third-order valence-corrected chi connectivity index (χ3v) is 3.66. The minimum absolute atomic E-state index is 0.00581. The van der Waals surface area contributed by atoms with Gasteiger partial charge in [-0.3, -0.25) is 10.1 Å².